The van der Waals surface area contributed by atoms with Crippen molar-refractivity contribution in [2.75, 3.05) is 7.11 Å². The van der Waals surface area contributed by atoms with E-state index in [4.69, 9.17) is 4.42 Å². The van der Waals surface area contributed by atoms with Gasteiger partial charge in [0.2, 0.25) is 11.6 Å². The van der Waals surface area contributed by atoms with Crippen LogP contribution in [0.15, 0.2) is 45.5 Å². The van der Waals surface area contributed by atoms with Crippen LogP contribution in [0.4, 0.5) is 0 Å². The van der Waals surface area contributed by atoms with Gasteiger partial charge in [0.1, 0.15) is 0 Å². The maximum atomic E-state index is 11.6. The summed E-state index contributed by atoms with van der Waals surface area (Å²) in [6.07, 6.45) is 1.42. The molecule has 1 aromatic carbocycles. The van der Waals surface area contributed by atoms with Crippen LogP contribution in [0, 0.1) is 0 Å². The lowest BCUT2D eigenvalue weighted by Crippen LogP contribution is -2.09. The fourth-order valence-electron chi connectivity index (χ4n) is 1.91. The molecule has 8 heteroatoms. The van der Waals surface area contributed by atoms with Gasteiger partial charge < -0.3 is 9.15 Å². The van der Waals surface area contributed by atoms with Gasteiger partial charge in [-0.25, -0.2) is 4.79 Å². The van der Waals surface area contributed by atoms with Crippen LogP contribution < -0.4 is 0 Å². The summed E-state index contributed by atoms with van der Waals surface area (Å²) in [5.74, 6) is 0.119. The number of ether oxygens (including phenoxy) is 1. The van der Waals surface area contributed by atoms with Crippen LogP contribution in [0.5, 0.6) is 0 Å². The second-order valence-electron chi connectivity index (χ2n) is 4.42. The van der Waals surface area contributed by atoms with E-state index in [2.05, 4.69) is 36.1 Å². The topological polar surface area (TPSA) is 83.0 Å². The summed E-state index contributed by atoms with van der Waals surface area (Å²) in [5.41, 5.74) is 1.49. The molecular weight excluding hydrogens is 352 g/mol. The standard InChI is InChI=1S/C14H11BrN4O3/c1-21-14(20)12-10(6-7-22-12)8-19-17-13(16-18-19)9-2-4-11(15)5-3-9/h2-7H,8H2,1H3. The van der Waals surface area contributed by atoms with Gasteiger partial charge in [-0.3, -0.25) is 0 Å². The van der Waals surface area contributed by atoms with Gasteiger partial charge in [-0.1, -0.05) is 15.9 Å². The summed E-state index contributed by atoms with van der Waals surface area (Å²) in [6, 6.07) is 9.27. The second kappa shape index (κ2) is 6.10. The molecule has 3 rings (SSSR count). The molecule has 3 aromatic rings. The third kappa shape index (κ3) is 2.91. The number of benzene rings is 1. The minimum absolute atomic E-state index is 0.144. The number of hydrogen-bond acceptors (Lipinski definition) is 6. The number of carbonyl (C=O) groups is 1. The number of esters is 1. The van der Waals surface area contributed by atoms with Crippen molar-refractivity contribution in [3.8, 4) is 11.4 Å². The lowest BCUT2D eigenvalue weighted by Gasteiger charge is -1.99. The molecule has 7 nitrogen and oxygen atoms in total. The summed E-state index contributed by atoms with van der Waals surface area (Å²) < 4.78 is 10.8. The van der Waals surface area contributed by atoms with Gasteiger partial charge in [0.05, 0.1) is 19.9 Å². The van der Waals surface area contributed by atoms with E-state index >= 15 is 0 Å². The van der Waals surface area contributed by atoms with E-state index in [0.717, 1.165) is 10.0 Å². The zero-order chi connectivity index (χ0) is 15.5. The number of hydrogen-bond donors (Lipinski definition) is 0. The smallest absolute Gasteiger partial charge is 0.374 e. The minimum atomic E-state index is -0.534. The number of methoxy groups -OCH3 is 1. The molecule has 0 amide bonds. The molecule has 0 saturated heterocycles. The lowest BCUT2D eigenvalue weighted by atomic mass is 10.2. The van der Waals surface area contributed by atoms with Crippen molar-refractivity contribution in [3.63, 3.8) is 0 Å². The third-order valence-electron chi connectivity index (χ3n) is 2.98. The molecule has 0 spiro atoms. The zero-order valence-corrected chi connectivity index (χ0v) is 13.1. The number of halogens is 1. The van der Waals surface area contributed by atoms with E-state index in [1.807, 2.05) is 24.3 Å². The third-order valence-corrected chi connectivity index (χ3v) is 3.51. The van der Waals surface area contributed by atoms with E-state index in [9.17, 15) is 4.79 Å². The molecule has 112 valence electrons. The summed E-state index contributed by atoms with van der Waals surface area (Å²) in [5, 5.41) is 12.3. The SMILES string of the molecule is COC(=O)c1occc1Cn1nnc(-c2ccc(Br)cc2)n1. The molecule has 0 fully saturated rings. The summed E-state index contributed by atoms with van der Waals surface area (Å²) in [4.78, 5) is 13.0. The van der Waals surface area contributed by atoms with Gasteiger partial charge in [-0.05, 0) is 35.5 Å². The number of furan rings is 1. The highest BCUT2D eigenvalue weighted by Gasteiger charge is 2.17. The number of carbonyl (C=O) groups excluding carboxylic acids is 1. The van der Waals surface area contributed by atoms with Crippen LogP contribution in [-0.2, 0) is 11.3 Å². The van der Waals surface area contributed by atoms with Crippen LogP contribution in [0.3, 0.4) is 0 Å². The van der Waals surface area contributed by atoms with E-state index in [1.165, 1.54) is 18.2 Å². The van der Waals surface area contributed by atoms with Crippen LogP contribution in [-0.4, -0.2) is 33.3 Å². The Morgan fingerprint density at radius 2 is 2.09 bits per heavy atom. The average molecular weight is 363 g/mol. The number of rotatable bonds is 4. The molecule has 0 aliphatic heterocycles. The molecule has 0 unspecified atom stereocenters. The molecular formula is C14H11BrN4O3. The van der Waals surface area contributed by atoms with Crippen molar-refractivity contribution in [1.82, 2.24) is 20.2 Å². The van der Waals surface area contributed by atoms with Gasteiger partial charge in [0, 0.05) is 15.6 Å². The van der Waals surface area contributed by atoms with Crippen LogP contribution >= 0.6 is 15.9 Å². The molecule has 0 aliphatic rings. The van der Waals surface area contributed by atoms with Gasteiger partial charge in [0.15, 0.2) is 0 Å². The van der Waals surface area contributed by atoms with Gasteiger partial charge in [0.25, 0.3) is 0 Å². The predicted molar refractivity (Wildman–Crippen MR) is 80.1 cm³/mol. The number of nitrogens with zero attached hydrogens (tertiary/aromatic N) is 4. The van der Waals surface area contributed by atoms with Crippen molar-refractivity contribution < 1.29 is 13.9 Å². The molecule has 0 saturated carbocycles. The van der Waals surface area contributed by atoms with E-state index < -0.39 is 5.97 Å². The van der Waals surface area contributed by atoms with Crippen molar-refractivity contribution in [3.05, 3.63) is 52.4 Å². The highest BCUT2D eigenvalue weighted by atomic mass is 79.9. The Morgan fingerprint density at radius 1 is 1.32 bits per heavy atom. The predicted octanol–water partition coefficient (Wildman–Crippen LogP) is 2.53. The molecule has 2 heterocycles. The minimum Gasteiger partial charge on any atom is -0.463 e. The molecule has 22 heavy (non-hydrogen) atoms. The molecule has 0 atom stereocenters. The van der Waals surface area contributed by atoms with E-state index in [1.54, 1.807) is 6.07 Å². The average Bonchev–Trinajstić information content (AvgIpc) is 3.17. The second-order valence-corrected chi connectivity index (χ2v) is 5.33. The van der Waals surface area contributed by atoms with Crippen LogP contribution in [0.25, 0.3) is 11.4 Å². The first-order chi connectivity index (χ1) is 10.7. The monoisotopic (exact) mass is 362 g/mol. The molecule has 0 bridgehead atoms. The first-order valence-corrected chi connectivity index (χ1v) is 7.15. The zero-order valence-electron chi connectivity index (χ0n) is 11.6. The molecule has 0 radical (unpaired) electrons. The number of tetrazole rings is 1. The Morgan fingerprint density at radius 3 is 2.82 bits per heavy atom. The van der Waals surface area contributed by atoms with Gasteiger partial charge >= 0.3 is 5.97 Å². The Balaban J connectivity index is 1.82. The maximum Gasteiger partial charge on any atom is 0.374 e. The fraction of sp³-hybridized carbons (Fsp3) is 0.143. The first kappa shape index (κ1) is 14.5. The Kier molecular flexibility index (Phi) is 4.01. The highest BCUT2D eigenvalue weighted by Crippen LogP contribution is 2.18. The Labute approximate surface area is 134 Å². The van der Waals surface area contributed by atoms with Crippen molar-refractivity contribution in [1.29, 1.82) is 0 Å². The highest BCUT2D eigenvalue weighted by molar-refractivity contribution is 9.10. The molecule has 0 N–H and O–H groups in total. The van der Waals surface area contributed by atoms with Crippen molar-refractivity contribution >= 4 is 21.9 Å². The van der Waals surface area contributed by atoms with Crippen molar-refractivity contribution in [2.45, 2.75) is 6.54 Å². The molecule has 0 aliphatic carbocycles. The summed E-state index contributed by atoms with van der Waals surface area (Å²) in [6.45, 7) is 0.268. The largest absolute Gasteiger partial charge is 0.463 e. The Hall–Kier alpha value is -2.48. The van der Waals surface area contributed by atoms with Gasteiger partial charge in [-0.2, -0.15) is 4.80 Å². The summed E-state index contributed by atoms with van der Waals surface area (Å²) >= 11 is 3.38. The maximum absolute atomic E-state index is 11.6. The number of aromatic nitrogens is 4. The van der Waals surface area contributed by atoms with E-state index in [0.29, 0.717) is 11.4 Å². The van der Waals surface area contributed by atoms with Crippen LogP contribution in [0.1, 0.15) is 16.1 Å². The normalized spacial score (nSPS) is 10.6. The Bertz CT molecular complexity index is 795. The molecule has 2 aromatic heterocycles. The van der Waals surface area contributed by atoms with E-state index in [-0.39, 0.29) is 12.3 Å². The quantitative estimate of drug-likeness (QED) is 0.663. The fourth-order valence-corrected chi connectivity index (χ4v) is 2.17. The van der Waals surface area contributed by atoms with Crippen molar-refractivity contribution in [2.24, 2.45) is 0 Å². The van der Waals surface area contributed by atoms with Gasteiger partial charge in [-0.15, -0.1) is 10.2 Å². The lowest BCUT2D eigenvalue weighted by molar-refractivity contribution is 0.0563. The summed E-state index contributed by atoms with van der Waals surface area (Å²) in [7, 11) is 1.30. The van der Waals surface area contributed by atoms with Crippen LogP contribution in [0.2, 0.25) is 0 Å². The first-order valence-electron chi connectivity index (χ1n) is 6.36.